The number of carbonyl (C=O) groups is 1. The number of para-hydroxylation sites is 2. The van der Waals surface area contributed by atoms with Crippen LogP contribution in [0.5, 0.6) is 5.75 Å². The predicted molar refractivity (Wildman–Crippen MR) is 106 cm³/mol. The Labute approximate surface area is 159 Å². The molecule has 0 bridgehead atoms. The van der Waals surface area contributed by atoms with E-state index in [4.69, 9.17) is 4.74 Å². The zero-order chi connectivity index (χ0) is 18.5. The van der Waals surface area contributed by atoms with Crippen molar-refractivity contribution in [1.82, 2.24) is 4.90 Å². The minimum absolute atomic E-state index is 0.221. The maximum absolute atomic E-state index is 12.6. The Kier molecular flexibility index (Phi) is 6.16. The molecule has 1 aliphatic rings. The number of benzene rings is 1. The smallest absolute Gasteiger partial charge is 0.277 e. The van der Waals surface area contributed by atoms with Crippen molar-refractivity contribution >= 4 is 22.9 Å². The second-order valence-electron chi connectivity index (χ2n) is 6.86. The van der Waals surface area contributed by atoms with Crippen molar-refractivity contribution in [3.8, 4) is 5.75 Å². The molecule has 1 fully saturated rings. The van der Waals surface area contributed by atoms with E-state index in [0.717, 1.165) is 37.6 Å². The number of nitrogens with zero attached hydrogens (tertiary/aromatic N) is 2. The van der Waals surface area contributed by atoms with E-state index >= 15 is 0 Å². The van der Waals surface area contributed by atoms with Crippen LogP contribution in [0.15, 0.2) is 35.7 Å². The maximum atomic E-state index is 12.6. The number of likely N-dealkylation sites (N-methyl/N-ethyl adjacent to an activating group) is 1. The van der Waals surface area contributed by atoms with Crippen LogP contribution in [0.3, 0.4) is 0 Å². The average molecular weight is 375 g/mol. The van der Waals surface area contributed by atoms with E-state index in [-0.39, 0.29) is 5.91 Å². The first-order valence-corrected chi connectivity index (χ1v) is 9.95. The van der Waals surface area contributed by atoms with E-state index in [2.05, 4.69) is 29.3 Å². The fourth-order valence-corrected chi connectivity index (χ4v) is 4.31. The Morgan fingerprint density at radius 1 is 1.27 bits per heavy atom. The lowest BCUT2D eigenvalue weighted by Crippen LogP contribution is -3.15. The van der Waals surface area contributed by atoms with Gasteiger partial charge >= 0.3 is 0 Å². The maximum Gasteiger partial charge on any atom is 0.277 e. The van der Waals surface area contributed by atoms with Crippen LogP contribution in [0.2, 0.25) is 0 Å². The van der Waals surface area contributed by atoms with Crippen LogP contribution < -0.4 is 14.5 Å². The average Bonchev–Trinajstić information content (AvgIpc) is 3.07. The molecule has 1 N–H and O–H groups in total. The number of hydrogen-bond acceptors (Lipinski definition) is 4. The second-order valence-corrected chi connectivity index (χ2v) is 7.86. The number of ether oxygens (including phenoxy) is 1. The third kappa shape index (κ3) is 4.37. The number of amides is 1. The van der Waals surface area contributed by atoms with E-state index in [9.17, 15) is 4.79 Å². The minimum atomic E-state index is 0.221. The first-order valence-electron chi connectivity index (χ1n) is 9.07. The summed E-state index contributed by atoms with van der Waals surface area (Å²) in [5.74, 6) is 1.14. The molecular formula is C20H28N3O2S+. The molecule has 0 aliphatic carbocycles. The van der Waals surface area contributed by atoms with E-state index in [1.54, 1.807) is 18.4 Å². The van der Waals surface area contributed by atoms with Gasteiger partial charge in [-0.3, -0.25) is 4.79 Å². The molecule has 1 aliphatic heterocycles. The summed E-state index contributed by atoms with van der Waals surface area (Å²) in [5.41, 5.74) is 2.41. The molecule has 0 spiro atoms. The number of hydrogen-bond donors (Lipinski definition) is 1. The van der Waals surface area contributed by atoms with E-state index < -0.39 is 0 Å². The van der Waals surface area contributed by atoms with Gasteiger partial charge < -0.3 is 19.4 Å². The van der Waals surface area contributed by atoms with Gasteiger partial charge in [0, 0.05) is 11.9 Å². The van der Waals surface area contributed by atoms with Gasteiger partial charge in [-0.15, -0.1) is 11.3 Å². The molecule has 1 aromatic heterocycles. The normalized spacial score (nSPS) is 15.1. The fourth-order valence-electron chi connectivity index (χ4n) is 3.35. The molecule has 0 unspecified atom stereocenters. The molecule has 1 saturated heterocycles. The molecule has 5 nitrogen and oxygen atoms in total. The monoisotopic (exact) mass is 374 g/mol. The summed E-state index contributed by atoms with van der Waals surface area (Å²) < 4.78 is 5.47. The van der Waals surface area contributed by atoms with Crippen molar-refractivity contribution < 1.29 is 14.4 Å². The number of nitrogens with one attached hydrogen (secondary N) is 1. The molecule has 2 aromatic rings. The summed E-state index contributed by atoms with van der Waals surface area (Å²) in [6.45, 7) is 7.20. The van der Waals surface area contributed by atoms with Crippen molar-refractivity contribution in [3.05, 3.63) is 46.2 Å². The Hall–Kier alpha value is -2.05. The lowest BCUT2D eigenvalue weighted by Gasteiger charge is -2.34. The molecule has 1 amide bonds. The van der Waals surface area contributed by atoms with E-state index in [1.807, 2.05) is 30.1 Å². The van der Waals surface area contributed by atoms with Crippen LogP contribution >= 0.6 is 11.3 Å². The van der Waals surface area contributed by atoms with Crippen LogP contribution in [0, 0.1) is 6.92 Å². The largest absolute Gasteiger partial charge is 0.495 e. The van der Waals surface area contributed by atoms with Crippen LogP contribution in [0.1, 0.15) is 10.4 Å². The molecule has 0 atom stereocenters. The van der Waals surface area contributed by atoms with Gasteiger partial charge in [0.15, 0.2) is 6.54 Å². The number of quaternary nitrogens is 1. The minimum Gasteiger partial charge on any atom is -0.495 e. The van der Waals surface area contributed by atoms with Gasteiger partial charge in [-0.2, -0.15) is 0 Å². The Bertz CT molecular complexity index is 738. The number of piperazine rings is 1. The van der Waals surface area contributed by atoms with Crippen molar-refractivity contribution in [2.45, 2.75) is 13.5 Å². The molecular weight excluding hydrogens is 346 g/mol. The molecule has 1 aromatic carbocycles. The highest BCUT2D eigenvalue weighted by Crippen LogP contribution is 2.27. The van der Waals surface area contributed by atoms with Gasteiger partial charge in [0.05, 0.1) is 45.5 Å². The molecule has 0 saturated carbocycles. The number of methoxy groups -OCH3 is 1. The number of anilines is 1. The highest BCUT2D eigenvalue weighted by atomic mass is 32.1. The first-order chi connectivity index (χ1) is 12.6. The van der Waals surface area contributed by atoms with Crippen LogP contribution in [0.4, 0.5) is 5.69 Å². The fraction of sp³-hybridized carbons (Fsp3) is 0.450. The van der Waals surface area contributed by atoms with Gasteiger partial charge in [0.25, 0.3) is 5.91 Å². The molecule has 0 radical (unpaired) electrons. The summed E-state index contributed by atoms with van der Waals surface area (Å²) in [4.78, 5) is 19.4. The van der Waals surface area contributed by atoms with Crippen molar-refractivity contribution in [2.75, 3.05) is 51.8 Å². The van der Waals surface area contributed by atoms with Gasteiger partial charge in [-0.25, -0.2) is 0 Å². The van der Waals surface area contributed by atoms with Crippen LogP contribution in [-0.2, 0) is 11.3 Å². The van der Waals surface area contributed by atoms with Crippen LogP contribution in [0.25, 0.3) is 0 Å². The first kappa shape index (κ1) is 18.7. The van der Waals surface area contributed by atoms with Gasteiger partial charge in [0.2, 0.25) is 0 Å². The van der Waals surface area contributed by atoms with Crippen LogP contribution in [-0.4, -0.2) is 57.7 Å². The summed E-state index contributed by atoms with van der Waals surface area (Å²) in [7, 11) is 3.62. The zero-order valence-corrected chi connectivity index (χ0v) is 16.6. The Morgan fingerprint density at radius 2 is 2.00 bits per heavy atom. The third-order valence-corrected chi connectivity index (χ3v) is 6.08. The topological polar surface area (TPSA) is 37.2 Å². The summed E-state index contributed by atoms with van der Waals surface area (Å²) in [5, 5.41) is 2.09. The SMILES string of the molecule is COc1ccccc1N1CC[NH+](CC(=O)N(C)Cc2sccc2C)CC1. The van der Waals surface area contributed by atoms with E-state index in [0.29, 0.717) is 13.1 Å². The number of rotatable bonds is 6. The molecule has 26 heavy (non-hydrogen) atoms. The summed E-state index contributed by atoms with van der Waals surface area (Å²) >= 11 is 1.72. The lowest BCUT2D eigenvalue weighted by molar-refractivity contribution is -0.892. The molecule has 6 heteroatoms. The van der Waals surface area contributed by atoms with Crippen molar-refractivity contribution in [1.29, 1.82) is 0 Å². The van der Waals surface area contributed by atoms with Gasteiger partial charge in [-0.1, -0.05) is 12.1 Å². The summed E-state index contributed by atoms with van der Waals surface area (Å²) in [6, 6.07) is 10.3. The number of carbonyl (C=O) groups excluding carboxylic acids is 1. The molecule has 2 heterocycles. The third-order valence-electron chi connectivity index (χ3n) is 5.07. The second kappa shape index (κ2) is 8.56. The van der Waals surface area contributed by atoms with Crippen molar-refractivity contribution in [3.63, 3.8) is 0 Å². The number of aryl methyl sites for hydroxylation is 1. The predicted octanol–water partition coefficient (Wildman–Crippen LogP) is 1.43. The summed E-state index contributed by atoms with van der Waals surface area (Å²) in [6.07, 6.45) is 0. The molecule has 140 valence electrons. The molecule has 3 rings (SSSR count). The lowest BCUT2D eigenvalue weighted by atomic mass is 10.2. The Morgan fingerprint density at radius 3 is 2.65 bits per heavy atom. The highest BCUT2D eigenvalue weighted by molar-refractivity contribution is 7.10. The van der Waals surface area contributed by atoms with Gasteiger partial charge in [0.1, 0.15) is 5.75 Å². The quantitative estimate of drug-likeness (QED) is 0.831. The van der Waals surface area contributed by atoms with Crippen molar-refractivity contribution in [2.24, 2.45) is 0 Å². The van der Waals surface area contributed by atoms with E-state index in [1.165, 1.54) is 15.3 Å². The zero-order valence-electron chi connectivity index (χ0n) is 15.8. The van der Waals surface area contributed by atoms with Gasteiger partial charge in [-0.05, 0) is 36.1 Å². The number of thiophene rings is 1. The highest BCUT2D eigenvalue weighted by Gasteiger charge is 2.25. The standard InChI is InChI=1S/C20H27N3O2S/c1-16-8-13-26-19(16)14-21(2)20(24)15-22-9-11-23(12-10-22)17-6-4-5-7-18(17)25-3/h4-8,13H,9-12,14-15H2,1-3H3/p+1. The Balaban J connectivity index is 1.50.